The van der Waals surface area contributed by atoms with Crippen LogP contribution in [0.5, 0.6) is 0 Å². The van der Waals surface area contributed by atoms with E-state index in [1.807, 2.05) is 0 Å². The maximum absolute atomic E-state index is 11.8. The molecule has 1 saturated carbocycles. The summed E-state index contributed by atoms with van der Waals surface area (Å²) in [4.78, 5) is 33.5. The van der Waals surface area contributed by atoms with Crippen LogP contribution in [0.25, 0.3) is 0 Å². The molecule has 0 saturated heterocycles. The lowest BCUT2D eigenvalue weighted by Gasteiger charge is -2.11. The molecule has 2 rings (SSSR count). The Labute approximate surface area is 145 Å². The minimum atomic E-state index is -0.529. The molecule has 1 aliphatic carbocycles. The minimum Gasteiger partial charge on any atom is -0.354 e. The predicted molar refractivity (Wildman–Crippen MR) is 91.0 cm³/mol. The molecule has 1 aromatic rings. The van der Waals surface area contributed by atoms with Gasteiger partial charge in [0.05, 0.1) is 4.92 Å². The highest BCUT2D eigenvalue weighted by atomic mass is 35.5. The summed E-state index contributed by atoms with van der Waals surface area (Å²) in [5.74, 6) is -0.00961. The summed E-state index contributed by atoms with van der Waals surface area (Å²) in [5.41, 5.74) is 6.12. The van der Waals surface area contributed by atoms with E-state index >= 15 is 0 Å². The molecule has 1 aromatic carbocycles. The third-order valence-electron chi connectivity index (χ3n) is 3.74. The average molecular weight is 357 g/mol. The van der Waals surface area contributed by atoms with Crippen molar-refractivity contribution >= 4 is 29.9 Å². The van der Waals surface area contributed by atoms with Gasteiger partial charge in [0.1, 0.15) is 0 Å². The van der Waals surface area contributed by atoms with Crippen molar-refractivity contribution in [1.82, 2.24) is 10.6 Å². The van der Waals surface area contributed by atoms with Crippen molar-refractivity contribution in [3.8, 4) is 0 Å². The van der Waals surface area contributed by atoms with E-state index in [2.05, 4.69) is 10.6 Å². The summed E-state index contributed by atoms with van der Waals surface area (Å²) >= 11 is 0. The lowest BCUT2D eigenvalue weighted by Crippen LogP contribution is -2.39. The van der Waals surface area contributed by atoms with Crippen LogP contribution in [0, 0.1) is 16.0 Å². The predicted octanol–water partition coefficient (Wildman–Crippen LogP) is 0.990. The van der Waals surface area contributed by atoms with Crippen molar-refractivity contribution in [2.24, 2.45) is 11.7 Å². The van der Waals surface area contributed by atoms with Gasteiger partial charge in [-0.05, 0) is 30.9 Å². The second-order valence-electron chi connectivity index (χ2n) is 5.62. The van der Waals surface area contributed by atoms with Crippen molar-refractivity contribution < 1.29 is 14.5 Å². The van der Waals surface area contributed by atoms with Crippen molar-refractivity contribution in [2.75, 3.05) is 13.1 Å². The van der Waals surface area contributed by atoms with Crippen LogP contribution >= 0.6 is 12.4 Å². The number of hydrogen-bond donors (Lipinski definition) is 3. The summed E-state index contributed by atoms with van der Waals surface area (Å²) in [6, 6.07) is 5.29. The minimum absolute atomic E-state index is 0. The first-order chi connectivity index (χ1) is 11.0. The van der Waals surface area contributed by atoms with Crippen LogP contribution in [0.3, 0.4) is 0 Å². The highest BCUT2D eigenvalue weighted by molar-refractivity contribution is 5.94. The first kappa shape index (κ1) is 19.9. The quantitative estimate of drug-likeness (QED) is 0.472. The number of rotatable bonds is 8. The SMILES string of the molecule is Cl.NC(CNC(=O)CCNC(=O)c1ccc([N+](=O)[O-])cc1)C1CC1. The molecule has 4 N–H and O–H groups in total. The maximum Gasteiger partial charge on any atom is 0.269 e. The molecule has 132 valence electrons. The first-order valence-corrected chi connectivity index (χ1v) is 7.52. The van der Waals surface area contributed by atoms with Gasteiger partial charge < -0.3 is 16.4 Å². The highest BCUT2D eigenvalue weighted by Crippen LogP contribution is 2.31. The number of benzene rings is 1. The molecule has 9 heteroatoms. The van der Waals surface area contributed by atoms with Gasteiger partial charge in [0.2, 0.25) is 5.91 Å². The standard InChI is InChI=1S/C15H20N4O4.ClH/c16-13(10-1-2-10)9-18-14(20)7-8-17-15(21)11-3-5-12(6-4-11)19(22)23;/h3-6,10,13H,1-2,7-9,16H2,(H,17,21)(H,18,20);1H. The zero-order valence-electron chi connectivity index (χ0n) is 13.1. The average Bonchev–Trinajstić information content (AvgIpc) is 3.37. The Morgan fingerprint density at radius 1 is 1.25 bits per heavy atom. The van der Waals surface area contributed by atoms with Gasteiger partial charge >= 0.3 is 0 Å². The number of nitro groups is 1. The normalized spacial score (nSPS) is 14.2. The summed E-state index contributed by atoms with van der Waals surface area (Å²) in [7, 11) is 0. The zero-order valence-corrected chi connectivity index (χ0v) is 13.9. The number of nitrogens with two attached hydrogens (primary N) is 1. The third kappa shape index (κ3) is 6.13. The van der Waals surface area contributed by atoms with E-state index < -0.39 is 4.92 Å². The van der Waals surface area contributed by atoms with E-state index in [0.717, 1.165) is 12.8 Å². The van der Waals surface area contributed by atoms with Gasteiger partial charge in [-0.15, -0.1) is 12.4 Å². The number of hydrogen-bond acceptors (Lipinski definition) is 5. The van der Waals surface area contributed by atoms with Crippen LogP contribution in [-0.2, 0) is 4.79 Å². The number of carbonyl (C=O) groups is 2. The second kappa shape index (κ2) is 9.19. The first-order valence-electron chi connectivity index (χ1n) is 7.52. The molecule has 0 radical (unpaired) electrons. The topological polar surface area (TPSA) is 127 Å². The smallest absolute Gasteiger partial charge is 0.269 e. The van der Waals surface area contributed by atoms with E-state index in [0.29, 0.717) is 18.0 Å². The molecule has 1 atom stereocenters. The zero-order chi connectivity index (χ0) is 16.8. The van der Waals surface area contributed by atoms with Gasteiger partial charge in [0.25, 0.3) is 11.6 Å². The van der Waals surface area contributed by atoms with Gasteiger partial charge in [0.15, 0.2) is 0 Å². The fourth-order valence-corrected chi connectivity index (χ4v) is 2.14. The number of nitro benzene ring substituents is 1. The number of carbonyl (C=O) groups excluding carboxylic acids is 2. The van der Waals surface area contributed by atoms with Crippen molar-refractivity contribution in [1.29, 1.82) is 0 Å². The monoisotopic (exact) mass is 356 g/mol. The molecular formula is C15H21ClN4O4. The van der Waals surface area contributed by atoms with Gasteiger partial charge in [0, 0.05) is 43.2 Å². The Morgan fingerprint density at radius 3 is 2.42 bits per heavy atom. The summed E-state index contributed by atoms with van der Waals surface area (Å²) in [6.45, 7) is 0.653. The van der Waals surface area contributed by atoms with Gasteiger partial charge in [-0.3, -0.25) is 19.7 Å². The Hall–Kier alpha value is -2.19. The van der Waals surface area contributed by atoms with Crippen LogP contribution in [0.2, 0.25) is 0 Å². The fraction of sp³-hybridized carbons (Fsp3) is 0.467. The molecule has 24 heavy (non-hydrogen) atoms. The van der Waals surface area contributed by atoms with Crippen LogP contribution in [0.15, 0.2) is 24.3 Å². The molecule has 1 unspecified atom stereocenters. The van der Waals surface area contributed by atoms with E-state index in [1.165, 1.54) is 24.3 Å². The number of halogens is 1. The highest BCUT2D eigenvalue weighted by Gasteiger charge is 2.28. The van der Waals surface area contributed by atoms with Gasteiger partial charge in [-0.25, -0.2) is 0 Å². The molecule has 1 fully saturated rings. The van der Waals surface area contributed by atoms with Crippen molar-refractivity contribution in [2.45, 2.75) is 25.3 Å². The number of nitrogens with one attached hydrogen (secondary N) is 2. The fourth-order valence-electron chi connectivity index (χ4n) is 2.14. The maximum atomic E-state index is 11.8. The molecule has 0 bridgehead atoms. The molecule has 8 nitrogen and oxygen atoms in total. The van der Waals surface area contributed by atoms with Crippen LogP contribution < -0.4 is 16.4 Å². The molecule has 0 aliphatic heterocycles. The molecule has 0 spiro atoms. The Kier molecular flexibility index (Phi) is 7.60. The van der Waals surface area contributed by atoms with Gasteiger partial charge in [-0.2, -0.15) is 0 Å². The van der Waals surface area contributed by atoms with Crippen molar-refractivity contribution in [3.05, 3.63) is 39.9 Å². The second-order valence-corrected chi connectivity index (χ2v) is 5.62. The molecule has 2 amide bonds. The molecular weight excluding hydrogens is 336 g/mol. The molecule has 1 aliphatic rings. The lowest BCUT2D eigenvalue weighted by atomic mass is 10.2. The Morgan fingerprint density at radius 2 is 1.88 bits per heavy atom. The largest absolute Gasteiger partial charge is 0.354 e. The van der Waals surface area contributed by atoms with E-state index in [9.17, 15) is 19.7 Å². The lowest BCUT2D eigenvalue weighted by molar-refractivity contribution is -0.384. The summed E-state index contributed by atoms with van der Waals surface area (Å²) < 4.78 is 0. The number of amides is 2. The Bertz CT molecular complexity index is 590. The van der Waals surface area contributed by atoms with Gasteiger partial charge in [-0.1, -0.05) is 0 Å². The van der Waals surface area contributed by atoms with Crippen LogP contribution in [0.4, 0.5) is 5.69 Å². The molecule has 0 heterocycles. The van der Waals surface area contributed by atoms with Crippen LogP contribution in [0.1, 0.15) is 29.6 Å². The van der Waals surface area contributed by atoms with Crippen molar-refractivity contribution in [3.63, 3.8) is 0 Å². The van der Waals surface area contributed by atoms with E-state index in [4.69, 9.17) is 5.73 Å². The number of non-ortho nitro benzene ring substituents is 1. The van der Waals surface area contributed by atoms with E-state index in [1.54, 1.807) is 0 Å². The molecule has 0 aromatic heterocycles. The van der Waals surface area contributed by atoms with E-state index in [-0.39, 0.29) is 48.9 Å². The van der Waals surface area contributed by atoms with Crippen LogP contribution in [-0.4, -0.2) is 35.9 Å². The number of nitrogens with zero attached hydrogens (tertiary/aromatic N) is 1. The summed E-state index contributed by atoms with van der Waals surface area (Å²) in [6.07, 6.45) is 2.42. The Balaban J connectivity index is 0.00000288. The third-order valence-corrected chi connectivity index (χ3v) is 3.74. The summed E-state index contributed by atoms with van der Waals surface area (Å²) in [5, 5.41) is 15.9.